The van der Waals surface area contributed by atoms with Gasteiger partial charge in [0.15, 0.2) is 12.4 Å². The van der Waals surface area contributed by atoms with E-state index < -0.39 is 0 Å². The number of carbonyl (C=O) groups excluding carboxylic acids is 1. The van der Waals surface area contributed by atoms with Crippen LogP contribution >= 0.6 is 0 Å². The van der Waals surface area contributed by atoms with E-state index in [9.17, 15) is 4.79 Å². The molecule has 6 heteroatoms. The van der Waals surface area contributed by atoms with Crippen LogP contribution in [0.3, 0.4) is 0 Å². The molecular weight excluding hydrogens is 400 g/mol. The fourth-order valence-electron chi connectivity index (χ4n) is 4.30. The van der Waals surface area contributed by atoms with Crippen LogP contribution in [0.1, 0.15) is 22.3 Å². The molecule has 0 bridgehead atoms. The standard InChI is InChI=1S/C26H30N4O2/c1-18-15-20(3)26(21(4)16-18)32-17-25(31)30-13-11-29(12-14-30)24-10-9-23(27-28-24)22-8-6-5-7-19(22)2/h5-10,15-16H,11-14,17H2,1-4H3. The monoisotopic (exact) mass is 430 g/mol. The minimum atomic E-state index is 0.0185. The lowest BCUT2D eigenvalue weighted by molar-refractivity contribution is -0.133. The Hall–Kier alpha value is -3.41. The number of carbonyl (C=O) groups is 1. The number of aromatic nitrogens is 2. The zero-order valence-electron chi connectivity index (χ0n) is 19.3. The SMILES string of the molecule is Cc1cc(C)c(OCC(=O)N2CCN(c3ccc(-c4ccccc4C)nn3)CC2)c(C)c1. The number of hydrogen-bond donors (Lipinski definition) is 0. The van der Waals surface area contributed by atoms with Gasteiger partial charge in [-0.1, -0.05) is 42.0 Å². The highest BCUT2D eigenvalue weighted by Gasteiger charge is 2.23. The number of amides is 1. The Morgan fingerprint density at radius 1 is 0.875 bits per heavy atom. The van der Waals surface area contributed by atoms with E-state index >= 15 is 0 Å². The van der Waals surface area contributed by atoms with E-state index in [0.717, 1.165) is 47.0 Å². The summed E-state index contributed by atoms with van der Waals surface area (Å²) in [6, 6.07) is 16.4. The molecule has 6 nitrogen and oxygen atoms in total. The Balaban J connectivity index is 1.32. The molecule has 0 spiro atoms. The number of hydrogen-bond acceptors (Lipinski definition) is 5. The molecule has 2 heterocycles. The van der Waals surface area contributed by atoms with Crippen LogP contribution in [-0.2, 0) is 4.79 Å². The van der Waals surface area contributed by atoms with Crippen molar-refractivity contribution >= 4 is 11.7 Å². The predicted molar refractivity (Wildman–Crippen MR) is 127 cm³/mol. The summed E-state index contributed by atoms with van der Waals surface area (Å²) in [6.07, 6.45) is 0. The molecule has 3 aromatic rings. The average molecular weight is 431 g/mol. The molecule has 0 radical (unpaired) electrons. The summed E-state index contributed by atoms with van der Waals surface area (Å²) < 4.78 is 5.89. The van der Waals surface area contributed by atoms with Gasteiger partial charge in [0.1, 0.15) is 5.75 Å². The third-order valence-corrected chi connectivity index (χ3v) is 5.97. The number of rotatable bonds is 5. The van der Waals surface area contributed by atoms with Crippen molar-refractivity contribution in [1.82, 2.24) is 15.1 Å². The molecule has 4 rings (SSSR count). The second kappa shape index (κ2) is 9.39. The molecule has 0 aliphatic carbocycles. The van der Waals surface area contributed by atoms with Gasteiger partial charge in [0, 0.05) is 31.7 Å². The van der Waals surface area contributed by atoms with Gasteiger partial charge in [0.05, 0.1) is 5.69 Å². The number of anilines is 1. The summed E-state index contributed by atoms with van der Waals surface area (Å²) in [5.74, 6) is 1.67. The Morgan fingerprint density at radius 3 is 2.19 bits per heavy atom. The first kappa shape index (κ1) is 21.8. The first-order valence-electron chi connectivity index (χ1n) is 11.1. The van der Waals surface area contributed by atoms with Gasteiger partial charge in [0.25, 0.3) is 5.91 Å². The van der Waals surface area contributed by atoms with Gasteiger partial charge in [-0.05, 0) is 56.5 Å². The normalized spacial score (nSPS) is 13.9. The van der Waals surface area contributed by atoms with Gasteiger partial charge in [-0.25, -0.2) is 0 Å². The van der Waals surface area contributed by atoms with Gasteiger partial charge in [0.2, 0.25) is 0 Å². The minimum Gasteiger partial charge on any atom is -0.483 e. The van der Waals surface area contributed by atoms with Gasteiger partial charge >= 0.3 is 0 Å². The van der Waals surface area contributed by atoms with Crippen LogP contribution in [-0.4, -0.2) is 53.8 Å². The summed E-state index contributed by atoms with van der Waals surface area (Å²) in [5.41, 5.74) is 6.48. The Morgan fingerprint density at radius 2 is 1.56 bits per heavy atom. The molecule has 0 saturated carbocycles. The van der Waals surface area contributed by atoms with Gasteiger partial charge in [-0.2, -0.15) is 0 Å². The topological polar surface area (TPSA) is 58.6 Å². The quantitative estimate of drug-likeness (QED) is 0.610. The molecule has 1 aromatic heterocycles. The molecule has 0 atom stereocenters. The van der Waals surface area contributed by atoms with E-state index in [4.69, 9.17) is 4.74 Å². The Labute approximate surface area is 189 Å². The second-order valence-electron chi connectivity index (χ2n) is 8.48. The van der Waals surface area contributed by atoms with Crippen LogP contribution < -0.4 is 9.64 Å². The van der Waals surface area contributed by atoms with E-state index in [1.165, 1.54) is 11.1 Å². The fraction of sp³-hybridized carbons (Fsp3) is 0.346. The largest absolute Gasteiger partial charge is 0.483 e. The molecule has 1 amide bonds. The lowest BCUT2D eigenvalue weighted by Crippen LogP contribution is -2.50. The maximum atomic E-state index is 12.7. The van der Waals surface area contributed by atoms with Gasteiger partial charge in [-0.3, -0.25) is 4.79 Å². The van der Waals surface area contributed by atoms with Crippen LogP contribution in [0.4, 0.5) is 5.82 Å². The summed E-state index contributed by atoms with van der Waals surface area (Å²) in [7, 11) is 0. The molecule has 1 aliphatic heterocycles. The summed E-state index contributed by atoms with van der Waals surface area (Å²) in [4.78, 5) is 16.7. The van der Waals surface area contributed by atoms with Crippen molar-refractivity contribution in [3.63, 3.8) is 0 Å². The first-order chi connectivity index (χ1) is 15.4. The fourth-order valence-corrected chi connectivity index (χ4v) is 4.30. The van der Waals surface area contributed by atoms with Crippen molar-refractivity contribution < 1.29 is 9.53 Å². The van der Waals surface area contributed by atoms with Gasteiger partial charge in [-0.15, -0.1) is 10.2 Å². The molecule has 0 N–H and O–H groups in total. The van der Waals surface area contributed by atoms with E-state index in [1.54, 1.807) is 0 Å². The van der Waals surface area contributed by atoms with Gasteiger partial charge < -0.3 is 14.5 Å². The lowest BCUT2D eigenvalue weighted by atomic mass is 10.1. The molecule has 166 valence electrons. The van der Waals surface area contributed by atoms with Crippen LogP contribution in [0.2, 0.25) is 0 Å². The Kier molecular flexibility index (Phi) is 6.40. The number of piperazine rings is 1. The van der Waals surface area contributed by atoms with E-state index in [-0.39, 0.29) is 12.5 Å². The van der Waals surface area contributed by atoms with Crippen LogP contribution in [0.5, 0.6) is 5.75 Å². The number of nitrogens with zero attached hydrogens (tertiary/aromatic N) is 4. The maximum Gasteiger partial charge on any atom is 0.260 e. The summed E-state index contributed by atoms with van der Waals surface area (Å²) >= 11 is 0. The number of benzene rings is 2. The molecule has 32 heavy (non-hydrogen) atoms. The van der Waals surface area contributed by atoms with Crippen molar-refractivity contribution in [2.45, 2.75) is 27.7 Å². The van der Waals surface area contributed by atoms with Crippen LogP contribution in [0.15, 0.2) is 48.5 Å². The Bertz CT molecular complexity index is 1080. The zero-order valence-corrected chi connectivity index (χ0v) is 19.3. The highest BCUT2D eigenvalue weighted by Crippen LogP contribution is 2.25. The third kappa shape index (κ3) is 4.74. The van der Waals surface area contributed by atoms with Crippen molar-refractivity contribution in [1.29, 1.82) is 0 Å². The summed E-state index contributed by atoms with van der Waals surface area (Å²) in [5, 5.41) is 8.87. The predicted octanol–water partition coefficient (Wildman–Crippen LogP) is 4.10. The second-order valence-corrected chi connectivity index (χ2v) is 8.48. The summed E-state index contributed by atoms with van der Waals surface area (Å²) in [6.45, 7) is 11.0. The molecule has 0 unspecified atom stereocenters. The molecule has 1 fully saturated rings. The van der Waals surface area contributed by atoms with E-state index in [0.29, 0.717) is 13.1 Å². The zero-order chi connectivity index (χ0) is 22.7. The van der Waals surface area contributed by atoms with Crippen molar-refractivity contribution in [2.75, 3.05) is 37.7 Å². The third-order valence-electron chi connectivity index (χ3n) is 5.97. The van der Waals surface area contributed by atoms with Crippen molar-refractivity contribution in [2.24, 2.45) is 0 Å². The maximum absolute atomic E-state index is 12.7. The highest BCUT2D eigenvalue weighted by atomic mass is 16.5. The molecule has 1 aliphatic rings. The number of ether oxygens (including phenoxy) is 1. The molecular formula is C26H30N4O2. The first-order valence-corrected chi connectivity index (χ1v) is 11.1. The van der Waals surface area contributed by atoms with Crippen molar-refractivity contribution in [3.05, 3.63) is 70.8 Å². The smallest absolute Gasteiger partial charge is 0.260 e. The average Bonchev–Trinajstić information content (AvgIpc) is 2.79. The molecule has 1 saturated heterocycles. The highest BCUT2D eigenvalue weighted by molar-refractivity contribution is 5.78. The molecule has 2 aromatic carbocycles. The van der Waals surface area contributed by atoms with E-state index in [1.807, 2.05) is 43.0 Å². The number of aryl methyl sites for hydroxylation is 4. The lowest BCUT2D eigenvalue weighted by Gasteiger charge is -2.35. The van der Waals surface area contributed by atoms with E-state index in [2.05, 4.69) is 53.2 Å². The van der Waals surface area contributed by atoms with Crippen LogP contribution in [0, 0.1) is 27.7 Å². The van der Waals surface area contributed by atoms with Crippen LogP contribution in [0.25, 0.3) is 11.3 Å². The van der Waals surface area contributed by atoms with Crippen molar-refractivity contribution in [3.8, 4) is 17.0 Å². The minimum absolute atomic E-state index is 0.0185.